The predicted octanol–water partition coefficient (Wildman–Crippen LogP) is 1.36. The molecule has 1 saturated carbocycles. The molecule has 1 saturated heterocycles. The van der Waals surface area contributed by atoms with Gasteiger partial charge < -0.3 is 15.7 Å². The average molecular weight is 268 g/mol. The van der Waals surface area contributed by atoms with Crippen LogP contribution in [-0.2, 0) is 9.59 Å². The normalized spacial score (nSPS) is 30.3. The maximum atomic E-state index is 12.3. The van der Waals surface area contributed by atoms with Gasteiger partial charge in [-0.25, -0.2) is 0 Å². The molecule has 1 unspecified atom stereocenters. The summed E-state index contributed by atoms with van der Waals surface area (Å²) in [4.78, 5) is 25.1. The van der Waals surface area contributed by atoms with Crippen molar-refractivity contribution in [1.29, 1.82) is 0 Å². The number of aliphatic carboxylic acids is 1. The molecule has 1 aliphatic carbocycles. The lowest BCUT2D eigenvalue weighted by molar-refractivity contribution is -0.147. The van der Waals surface area contributed by atoms with Gasteiger partial charge in [-0.05, 0) is 26.2 Å². The Kier molecular flexibility index (Phi) is 3.85. The van der Waals surface area contributed by atoms with E-state index in [1.807, 2.05) is 0 Å². The molecule has 108 valence electrons. The topological polar surface area (TPSA) is 83.6 Å². The van der Waals surface area contributed by atoms with Crippen molar-refractivity contribution in [3.8, 4) is 0 Å². The number of carboxylic acid groups (broad SMARTS) is 1. The highest BCUT2D eigenvalue weighted by atomic mass is 16.4. The van der Waals surface area contributed by atoms with Crippen LogP contribution >= 0.6 is 0 Å². The minimum Gasteiger partial charge on any atom is -0.481 e. The molecule has 3 N–H and O–H groups in total. The number of carboxylic acids is 1. The molecule has 1 atom stereocenters. The van der Waals surface area contributed by atoms with Gasteiger partial charge in [-0.2, -0.15) is 0 Å². The van der Waals surface area contributed by atoms with E-state index in [0.29, 0.717) is 25.9 Å². The van der Waals surface area contributed by atoms with Crippen LogP contribution in [-0.4, -0.2) is 40.5 Å². The molecule has 5 heteroatoms. The van der Waals surface area contributed by atoms with Crippen LogP contribution in [0.4, 0.5) is 0 Å². The molecule has 2 fully saturated rings. The Hall–Kier alpha value is -1.10. The molecule has 0 aromatic heterocycles. The number of carbonyl (C=O) groups is 2. The van der Waals surface area contributed by atoms with Crippen molar-refractivity contribution >= 4 is 11.9 Å². The SMILES string of the molecule is CC1(C(=O)O)CCN(C(=O)CC2(N)CCCCC2)C1. The van der Waals surface area contributed by atoms with Crippen molar-refractivity contribution in [2.75, 3.05) is 13.1 Å². The van der Waals surface area contributed by atoms with E-state index in [9.17, 15) is 14.7 Å². The predicted molar refractivity (Wildman–Crippen MR) is 71.6 cm³/mol. The number of likely N-dealkylation sites (tertiary alicyclic amines) is 1. The Morgan fingerprint density at radius 3 is 2.37 bits per heavy atom. The van der Waals surface area contributed by atoms with Gasteiger partial charge >= 0.3 is 5.97 Å². The van der Waals surface area contributed by atoms with Crippen LogP contribution in [0.25, 0.3) is 0 Å². The molecule has 0 bridgehead atoms. The van der Waals surface area contributed by atoms with Gasteiger partial charge in [0.1, 0.15) is 0 Å². The van der Waals surface area contributed by atoms with E-state index in [1.165, 1.54) is 6.42 Å². The summed E-state index contributed by atoms with van der Waals surface area (Å²) >= 11 is 0. The molecule has 0 radical (unpaired) electrons. The summed E-state index contributed by atoms with van der Waals surface area (Å²) in [7, 11) is 0. The van der Waals surface area contributed by atoms with E-state index in [2.05, 4.69) is 0 Å². The quantitative estimate of drug-likeness (QED) is 0.809. The minimum absolute atomic E-state index is 0.0226. The van der Waals surface area contributed by atoms with Crippen LogP contribution in [0, 0.1) is 5.41 Å². The highest BCUT2D eigenvalue weighted by molar-refractivity contribution is 5.81. The van der Waals surface area contributed by atoms with Crippen molar-refractivity contribution in [3.63, 3.8) is 0 Å². The largest absolute Gasteiger partial charge is 0.481 e. The number of nitrogens with two attached hydrogens (primary N) is 1. The van der Waals surface area contributed by atoms with E-state index in [4.69, 9.17) is 5.73 Å². The second kappa shape index (κ2) is 5.12. The molecule has 1 amide bonds. The molecule has 1 aliphatic heterocycles. The lowest BCUT2D eigenvalue weighted by Crippen LogP contribution is -2.47. The number of amides is 1. The molecule has 0 aromatic rings. The Balaban J connectivity index is 1.93. The van der Waals surface area contributed by atoms with Gasteiger partial charge in [-0.15, -0.1) is 0 Å². The van der Waals surface area contributed by atoms with E-state index in [1.54, 1.807) is 11.8 Å². The van der Waals surface area contributed by atoms with Gasteiger partial charge in [0.25, 0.3) is 0 Å². The third kappa shape index (κ3) is 3.08. The highest BCUT2D eigenvalue weighted by Gasteiger charge is 2.43. The summed E-state index contributed by atoms with van der Waals surface area (Å²) < 4.78 is 0. The van der Waals surface area contributed by atoms with Gasteiger partial charge in [-0.3, -0.25) is 9.59 Å². The van der Waals surface area contributed by atoms with Gasteiger partial charge in [-0.1, -0.05) is 19.3 Å². The number of carbonyl (C=O) groups excluding carboxylic acids is 1. The third-order valence-corrected chi connectivity index (χ3v) is 4.69. The van der Waals surface area contributed by atoms with E-state index < -0.39 is 11.4 Å². The molecule has 0 spiro atoms. The van der Waals surface area contributed by atoms with Crippen molar-refractivity contribution in [2.24, 2.45) is 11.1 Å². The third-order valence-electron chi connectivity index (χ3n) is 4.69. The average Bonchev–Trinajstić information content (AvgIpc) is 2.74. The number of hydrogen-bond acceptors (Lipinski definition) is 3. The molecule has 0 aromatic carbocycles. The molecule has 2 rings (SSSR count). The zero-order valence-corrected chi connectivity index (χ0v) is 11.7. The van der Waals surface area contributed by atoms with Crippen LogP contribution in [0.15, 0.2) is 0 Å². The van der Waals surface area contributed by atoms with Gasteiger partial charge in [0.15, 0.2) is 0 Å². The van der Waals surface area contributed by atoms with Crippen molar-refractivity contribution < 1.29 is 14.7 Å². The van der Waals surface area contributed by atoms with Crippen LogP contribution < -0.4 is 5.73 Å². The summed E-state index contributed by atoms with van der Waals surface area (Å²) in [5.41, 5.74) is 5.14. The van der Waals surface area contributed by atoms with Crippen LogP contribution in [0.3, 0.4) is 0 Å². The summed E-state index contributed by atoms with van der Waals surface area (Å²) in [6.07, 6.45) is 6.10. The first-order valence-electron chi connectivity index (χ1n) is 7.15. The van der Waals surface area contributed by atoms with Crippen LogP contribution in [0.1, 0.15) is 51.9 Å². The highest BCUT2D eigenvalue weighted by Crippen LogP contribution is 2.33. The zero-order chi connectivity index (χ0) is 14.1. The van der Waals surface area contributed by atoms with Crippen LogP contribution in [0.5, 0.6) is 0 Å². The summed E-state index contributed by atoms with van der Waals surface area (Å²) in [6, 6.07) is 0. The second-order valence-electron chi connectivity index (χ2n) is 6.53. The Bertz CT molecular complexity index is 377. The van der Waals surface area contributed by atoms with Crippen molar-refractivity contribution in [1.82, 2.24) is 4.90 Å². The number of rotatable bonds is 3. The van der Waals surface area contributed by atoms with Crippen LogP contribution in [0.2, 0.25) is 0 Å². The maximum Gasteiger partial charge on any atom is 0.311 e. The zero-order valence-electron chi connectivity index (χ0n) is 11.7. The van der Waals surface area contributed by atoms with Gasteiger partial charge in [0, 0.05) is 25.0 Å². The first-order chi connectivity index (χ1) is 8.85. The Labute approximate surface area is 114 Å². The monoisotopic (exact) mass is 268 g/mol. The first kappa shape index (κ1) is 14.3. The molecule has 19 heavy (non-hydrogen) atoms. The van der Waals surface area contributed by atoms with Gasteiger partial charge in [0.2, 0.25) is 5.91 Å². The minimum atomic E-state index is -0.817. The fraction of sp³-hybridized carbons (Fsp3) is 0.857. The standard InChI is InChI=1S/C14H24N2O3/c1-13(12(18)19)7-8-16(10-13)11(17)9-14(15)5-3-2-4-6-14/h2-10,15H2,1H3,(H,18,19). The lowest BCUT2D eigenvalue weighted by Gasteiger charge is -2.34. The van der Waals surface area contributed by atoms with Crippen molar-refractivity contribution in [2.45, 2.75) is 57.4 Å². The lowest BCUT2D eigenvalue weighted by atomic mass is 9.80. The fourth-order valence-electron chi connectivity index (χ4n) is 3.19. The summed E-state index contributed by atoms with van der Waals surface area (Å²) in [5.74, 6) is -0.794. The number of nitrogens with zero attached hydrogens (tertiary/aromatic N) is 1. The molecule has 2 aliphatic rings. The maximum absolute atomic E-state index is 12.3. The van der Waals surface area contributed by atoms with E-state index >= 15 is 0 Å². The second-order valence-corrected chi connectivity index (χ2v) is 6.53. The van der Waals surface area contributed by atoms with E-state index in [0.717, 1.165) is 25.7 Å². The number of hydrogen-bond donors (Lipinski definition) is 2. The Morgan fingerprint density at radius 1 is 1.21 bits per heavy atom. The summed E-state index contributed by atoms with van der Waals surface area (Å²) in [5, 5.41) is 9.18. The summed E-state index contributed by atoms with van der Waals surface area (Å²) in [6.45, 7) is 2.57. The molecule has 5 nitrogen and oxygen atoms in total. The molecular weight excluding hydrogens is 244 g/mol. The van der Waals surface area contributed by atoms with Gasteiger partial charge in [0.05, 0.1) is 5.41 Å². The first-order valence-corrected chi connectivity index (χ1v) is 7.15. The van der Waals surface area contributed by atoms with Crippen molar-refractivity contribution in [3.05, 3.63) is 0 Å². The molecule has 1 heterocycles. The fourth-order valence-corrected chi connectivity index (χ4v) is 3.19. The molecular formula is C14H24N2O3. The smallest absolute Gasteiger partial charge is 0.311 e. The van der Waals surface area contributed by atoms with E-state index in [-0.39, 0.29) is 11.4 Å². The Morgan fingerprint density at radius 2 is 1.84 bits per heavy atom.